The van der Waals surface area contributed by atoms with Crippen molar-refractivity contribution in [2.75, 3.05) is 7.11 Å². The number of pyridine rings is 1. The van der Waals surface area contributed by atoms with Gasteiger partial charge in [-0.1, -0.05) is 38.8 Å². The molecule has 1 aromatic heterocycles. The van der Waals surface area contributed by atoms with Crippen LogP contribution in [0.4, 0.5) is 0 Å². The molecule has 0 N–H and O–H groups in total. The lowest BCUT2D eigenvalue weighted by Gasteiger charge is -2.11. The first-order valence-corrected chi connectivity index (χ1v) is 7.62. The van der Waals surface area contributed by atoms with Crippen molar-refractivity contribution in [3.05, 3.63) is 40.0 Å². The van der Waals surface area contributed by atoms with Crippen LogP contribution in [0.3, 0.4) is 0 Å². The minimum Gasteiger partial charge on any atom is -0.465 e. The van der Waals surface area contributed by atoms with Crippen molar-refractivity contribution in [1.29, 1.82) is 0 Å². The summed E-state index contributed by atoms with van der Waals surface area (Å²) in [5.74, 6) is -0.340. The van der Waals surface area contributed by atoms with Gasteiger partial charge in [0.1, 0.15) is 0 Å². The zero-order valence-corrected chi connectivity index (χ0v) is 14.0. The van der Waals surface area contributed by atoms with Crippen LogP contribution in [0.2, 0.25) is 5.02 Å². The SMILES string of the molecule is CC.CCCc1c(Cl)cnc2c(C)cc(C(=O)OC)cc12. The van der Waals surface area contributed by atoms with E-state index in [9.17, 15) is 4.79 Å². The van der Waals surface area contributed by atoms with Crippen LogP contribution < -0.4 is 0 Å². The summed E-state index contributed by atoms with van der Waals surface area (Å²) in [7, 11) is 1.38. The molecular weight excluding hydrogens is 286 g/mol. The van der Waals surface area contributed by atoms with Gasteiger partial charge in [-0.2, -0.15) is 0 Å². The molecule has 1 aromatic carbocycles. The zero-order valence-electron chi connectivity index (χ0n) is 13.3. The van der Waals surface area contributed by atoms with Crippen LogP contribution >= 0.6 is 11.6 Å². The maximum absolute atomic E-state index is 11.7. The number of carbonyl (C=O) groups is 1. The van der Waals surface area contributed by atoms with E-state index < -0.39 is 0 Å². The summed E-state index contributed by atoms with van der Waals surface area (Å²) in [5.41, 5.74) is 3.42. The molecule has 21 heavy (non-hydrogen) atoms. The predicted molar refractivity (Wildman–Crippen MR) is 88.2 cm³/mol. The molecule has 0 spiro atoms. The standard InChI is InChI=1S/C15H16ClNO2.C2H6/c1-4-5-11-12-7-10(15(18)19-3)6-9(2)14(12)17-8-13(11)16;1-2/h6-8H,4-5H2,1-3H3;1-2H3. The second-order valence-electron chi connectivity index (χ2n) is 4.52. The van der Waals surface area contributed by atoms with Gasteiger partial charge >= 0.3 is 5.97 Å². The van der Waals surface area contributed by atoms with E-state index in [0.717, 1.165) is 34.9 Å². The molecule has 0 aliphatic heterocycles. The van der Waals surface area contributed by atoms with Crippen LogP contribution in [0.15, 0.2) is 18.3 Å². The minimum absolute atomic E-state index is 0.340. The van der Waals surface area contributed by atoms with E-state index in [0.29, 0.717) is 10.6 Å². The quantitative estimate of drug-likeness (QED) is 0.752. The first kappa shape index (κ1) is 17.4. The number of esters is 1. The number of carbonyl (C=O) groups excluding carboxylic acids is 1. The van der Waals surface area contributed by atoms with Crippen LogP contribution in [0.1, 0.15) is 48.7 Å². The molecule has 0 fully saturated rings. The second kappa shape index (κ2) is 7.99. The number of halogens is 1. The average molecular weight is 308 g/mol. The molecule has 0 saturated carbocycles. The van der Waals surface area contributed by atoms with Gasteiger partial charge < -0.3 is 4.74 Å². The lowest BCUT2D eigenvalue weighted by molar-refractivity contribution is 0.0601. The fourth-order valence-electron chi connectivity index (χ4n) is 2.25. The molecule has 0 unspecified atom stereocenters. The normalized spacial score (nSPS) is 10.0. The highest BCUT2D eigenvalue weighted by Crippen LogP contribution is 2.28. The summed E-state index contributed by atoms with van der Waals surface area (Å²) in [6.07, 6.45) is 3.53. The highest BCUT2D eigenvalue weighted by molar-refractivity contribution is 6.32. The van der Waals surface area contributed by atoms with Gasteiger partial charge in [0.05, 0.1) is 23.2 Å². The number of methoxy groups -OCH3 is 1. The maximum Gasteiger partial charge on any atom is 0.337 e. The number of rotatable bonds is 3. The van der Waals surface area contributed by atoms with E-state index in [1.807, 2.05) is 26.8 Å². The van der Waals surface area contributed by atoms with Gasteiger partial charge in [-0.3, -0.25) is 4.98 Å². The van der Waals surface area contributed by atoms with E-state index >= 15 is 0 Å². The first-order valence-electron chi connectivity index (χ1n) is 7.24. The van der Waals surface area contributed by atoms with Crippen molar-refractivity contribution in [3.8, 4) is 0 Å². The summed E-state index contributed by atoms with van der Waals surface area (Å²) in [4.78, 5) is 16.1. The zero-order chi connectivity index (χ0) is 16.0. The second-order valence-corrected chi connectivity index (χ2v) is 4.92. The lowest BCUT2D eigenvalue weighted by Crippen LogP contribution is -2.03. The molecule has 0 bridgehead atoms. The number of ether oxygens (including phenoxy) is 1. The average Bonchev–Trinajstić information content (AvgIpc) is 2.51. The smallest absolute Gasteiger partial charge is 0.337 e. The highest BCUT2D eigenvalue weighted by atomic mass is 35.5. The molecule has 114 valence electrons. The Morgan fingerprint density at radius 2 is 2.00 bits per heavy atom. The number of benzene rings is 1. The molecule has 0 atom stereocenters. The Morgan fingerprint density at radius 1 is 1.33 bits per heavy atom. The fourth-order valence-corrected chi connectivity index (χ4v) is 2.49. The maximum atomic E-state index is 11.7. The number of hydrogen-bond acceptors (Lipinski definition) is 3. The number of hydrogen-bond donors (Lipinski definition) is 0. The Morgan fingerprint density at radius 3 is 2.57 bits per heavy atom. The summed E-state index contributed by atoms with van der Waals surface area (Å²) in [5, 5.41) is 1.59. The molecule has 2 aromatic rings. The number of nitrogens with zero attached hydrogens (tertiary/aromatic N) is 1. The molecule has 2 rings (SSSR count). The predicted octanol–water partition coefficient (Wildman–Crippen LogP) is 4.96. The Bertz CT molecular complexity index is 638. The van der Waals surface area contributed by atoms with Crippen molar-refractivity contribution in [1.82, 2.24) is 4.98 Å². The summed E-state index contributed by atoms with van der Waals surface area (Å²) >= 11 is 6.22. The van der Waals surface area contributed by atoms with Crippen LogP contribution in [0, 0.1) is 6.92 Å². The Hall–Kier alpha value is -1.61. The fraction of sp³-hybridized carbons (Fsp3) is 0.412. The van der Waals surface area contributed by atoms with Crippen molar-refractivity contribution >= 4 is 28.5 Å². The van der Waals surface area contributed by atoms with Crippen molar-refractivity contribution in [2.45, 2.75) is 40.5 Å². The van der Waals surface area contributed by atoms with Gasteiger partial charge in [0, 0.05) is 11.6 Å². The van der Waals surface area contributed by atoms with Gasteiger partial charge in [-0.25, -0.2) is 4.79 Å². The molecule has 0 aliphatic carbocycles. The van der Waals surface area contributed by atoms with E-state index in [1.54, 1.807) is 12.3 Å². The van der Waals surface area contributed by atoms with Crippen LogP contribution in [0.25, 0.3) is 10.9 Å². The van der Waals surface area contributed by atoms with Crippen LogP contribution in [-0.2, 0) is 11.2 Å². The van der Waals surface area contributed by atoms with Crippen LogP contribution in [-0.4, -0.2) is 18.1 Å². The third-order valence-electron chi connectivity index (χ3n) is 3.14. The van der Waals surface area contributed by atoms with Gasteiger partial charge in [-0.05, 0) is 36.6 Å². The number of aromatic nitrogens is 1. The summed E-state index contributed by atoms with van der Waals surface area (Å²) in [6.45, 7) is 8.03. The monoisotopic (exact) mass is 307 g/mol. The van der Waals surface area contributed by atoms with E-state index in [1.165, 1.54) is 7.11 Å². The van der Waals surface area contributed by atoms with Crippen molar-refractivity contribution < 1.29 is 9.53 Å². The van der Waals surface area contributed by atoms with Crippen molar-refractivity contribution in [2.24, 2.45) is 0 Å². The topological polar surface area (TPSA) is 39.2 Å². The van der Waals surface area contributed by atoms with Crippen molar-refractivity contribution in [3.63, 3.8) is 0 Å². The molecule has 1 heterocycles. The lowest BCUT2D eigenvalue weighted by atomic mass is 9.99. The summed E-state index contributed by atoms with van der Waals surface area (Å²) in [6, 6.07) is 3.61. The van der Waals surface area contributed by atoms with Gasteiger partial charge in [0.2, 0.25) is 0 Å². The Kier molecular flexibility index (Phi) is 6.63. The van der Waals surface area contributed by atoms with Gasteiger partial charge in [0.25, 0.3) is 0 Å². The van der Waals surface area contributed by atoms with E-state index in [4.69, 9.17) is 16.3 Å². The minimum atomic E-state index is -0.340. The first-order chi connectivity index (χ1) is 10.1. The molecular formula is C17H22ClNO2. The Labute approximate surface area is 131 Å². The van der Waals surface area contributed by atoms with E-state index in [-0.39, 0.29) is 5.97 Å². The highest BCUT2D eigenvalue weighted by Gasteiger charge is 2.13. The number of fused-ring (bicyclic) bond motifs is 1. The molecule has 0 aliphatic rings. The van der Waals surface area contributed by atoms with E-state index in [2.05, 4.69) is 11.9 Å². The summed E-state index contributed by atoms with van der Waals surface area (Å²) < 4.78 is 4.78. The molecule has 3 nitrogen and oxygen atoms in total. The number of aryl methyl sites for hydroxylation is 2. The molecule has 4 heteroatoms. The van der Waals surface area contributed by atoms with Gasteiger partial charge in [-0.15, -0.1) is 0 Å². The Balaban J connectivity index is 0.00000106. The molecule has 0 saturated heterocycles. The third kappa shape index (κ3) is 3.73. The van der Waals surface area contributed by atoms with Gasteiger partial charge in [0.15, 0.2) is 0 Å². The molecule has 0 radical (unpaired) electrons. The molecule has 0 amide bonds. The largest absolute Gasteiger partial charge is 0.465 e. The van der Waals surface area contributed by atoms with Crippen LogP contribution in [0.5, 0.6) is 0 Å². The third-order valence-corrected chi connectivity index (χ3v) is 3.47.